The van der Waals surface area contributed by atoms with Crippen molar-refractivity contribution < 1.29 is 0 Å². The highest BCUT2D eigenvalue weighted by Crippen LogP contribution is 2.22. The van der Waals surface area contributed by atoms with Crippen LogP contribution < -0.4 is 0 Å². The van der Waals surface area contributed by atoms with Gasteiger partial charge in [0.05, 0.1) is 22.6 Å². The fourth-order valence-corrected chi connectivity index (χ4v) is 3.32. The molecule has 0 atom stereocenters. The molecule has 2 aromatic heterocycles. The number of aryl methyl sites for hydroxylation is 1. The molecule has 0 saturated heterocycles. The van der Waals surface area contributed by atoms with Crippen LogP contribution in [-0.4, -0.2) is 14.5 Å². The molecule has 0 aliphatic carbocycles. The van der Waals surface area contributed by atoms with E-state index in [1.165, 1.54) is 4.88 Å². The Bertz CT molecular complexity index is 769. The van der Waals surface area contributed by atoms with Crippen molar-refractivity contribution in [3.63, 3.8) is 0 Å². The van der Waals surface area contributed by atoms with Gasteiger partial charge in [-0.2, -0.15) is 0 Å². The Balaban J connectivity index is 2.13. The van der Waals surface area contributed by atoms with Crippen molar-refractivity contribution >= 4 is 50.5 Å². The van der Waals surface area contributed by atoms with Crippen LogP contribution in [0.4, 0.5) is 0 Å². The molecule has 1 aromatic carbocycles. The van der Waals surface area contributed by atoms with Gasteiger partial charge in [0.1, 0.15) is 0 Å². The van der Waals surface area contributed by atoms with Crippen LogP contribution in [0.15, 0.2) is 28.9 Å². The second-order valence-electron chi connectivity index (χ2n) is 4.02. The van der Waals surface area contributed by atoms with Crippen LogP contribution in [-0.2, 0) is 6.54 Å². The first-order valence-electron chi connectivity index (χ1n) is 5.43. The highest BCUT2D eigenvalue weighted by molar-refractivity contribution is 9.10. The molecule has 2 heterocycles. The SMILES string of the molecule is Cc1ncc(Cn2c(=S)[nH]c3ccc(Br)cc32)s1. The minimum absolute atomic E-state index is 0.745. The summed E-state index contributed by atoms with van der Waals surface area (Å²) in [4.78, 5) is 8.71. The summed E-state index contributed by atoms with van der Waals surface area (Å²) in [7, 11) is 0. The van der Waals surface area contributed by atoms with E-state index in [1.54, 1.807) is 11.3 Å². The van der Waals surface area contributed by atoms with Crippen LogP contribution in [0, 0.1) is 11.7 Å². The molecular weight excluding hydrogens is 330 g/mol. The lowest BCUT2D eigenvalue weighted by Crippen LogP contribution is -1.97. The molecule has 0 unspecified atom stereocenters. The van der Waals surface area contributed by atoms with Gasteiger partial charge in [0.25, 0.3) is 0 Å². The zero-order valence-corrected chi connectivity index (χ0v) is 12.8. The fourth-order valence-electron chi connectivity index (χ4n) is 1.92. The van der Waals surface area contributed by atoms with Gasteiger partial charge in [-0.15, -0.1) is 11.3 Å². The number of fused-ring (bicyclic) bond motifs is 1. The Labute approximate surface area is 122 Å². The molecule has 3 aromatic rings. The fraction of sp³-hybridized carbons (Fsp3) is 0.167. The van der Waals surface area contributed by atoms with Crippen LogP contribution in [0.1, 0.15) is 9.88 Å². The van der Waals surface area contributed by atoms with Crippen molar-refractivity contribution in [2.75, 3.05) is 0 Å². The summed E-state index contributed by atoms with van der Waals surface area (Å²) in [5, 5.41) is 1.08. The molecule has 0 spiro atoms. The summed E-state index contributed by atoms with van der Waals surface area (Å²) < 4.78 is 3.90. The van der Waals surface area contributed by atoms with Gasteiger partial charge in [-0.3, -0.25) is 0 Å². The number of benzene rings is 1. The van der Waals surface area contributed by atoms with Crippen molar-refractivity contribution in [1.29, 1.82) is 0 Å². The number of hydrogen-bond donors (Lipinski definition) is 1. The van der Waals surface area contributed by atoms with Gasteiger partial charge < -0.3 is 9.55 Å². The number of nitrogens with one attached hydrogen (secondary N) is 1. The lowest BCUT2D eigenvalue weighted by molar-refractivity contribution is 0.821. The largest absolute Gasteiger partial charge is 0.331 e. The van der Waals surface area contributed by atoms with Crippen LogP contribution in [0.25, 0.3) is 11.0 Å². The summed E-state index contributed by atoms with van der Waals surface area (Å²) in [6, 6.07) is 6.12. The van der Waals surface area contributed by atoms with E-state index in [1.807, 2.05) is 25.3 Å². The third kappa shape index (κ3) is 2.15. The molecular formula is C12H10BrN3S2. The van der Waals surface area contributed by atoms with Gasteiger partial charge in [0.15, 0.2) is 4.77 Å². The van der Waals surface area contributed by atoms with Crippen LogP contribution in [0.5, 0.6) is 0 Å². The van der Waals surface area contributed by atoms with E-state index < -0.39 is 0 Å². The Hall–Kier alpha value is -0.980. The maximum atomic E-state index is 5.38. The van der Waals surface area contributed by atoms with E-state index in [9.17, 15) is 0 Å². The number of H-pyrrole nitrogens is 1. The number of thiazole rings is 1. The molecule has 0 aliphatic rings. The number of halogens is 1. The lowest BCUT2D eigenvalue weighted by Gasteiger charge is -2.02. The summed E-state index contributed by atoms with van der Waals surface area (Å²) in [5.41, 5.74) is 2.17. The third-order valence-electron chi connectivity index (χ3n) is 2.72. The average molecular weight is 340 g/mol. The van der Waals surface area contributed by atoms with Crippen molar-refractivity contribution in [2.45, 2.75) is 13.5 Å². The molecule has 3 nitrogen and oxygen atoms in total. The molecule has 0 bridgehead atoms. The number of aromatic nitrogens is 3. The van der Waals surface area contributed by atoms with Crippen molar-refractivity contribution in [3.05, 3.63) is 43.5 Å². The number of rotatable bonds is 2. The molecule has 0 amide bonds. The summed E-state index contributed by atoms with van der Waals surface area (Å²) in [6.45, 7) is 2.78. The predicted octanol–water partition coefficient (Wildman–Crippen LogP) is 4.27. The zero-order valence-electron chi connectivity index (χ0n) is 9.61. The van der Waals surface area contributed by atoms with E-state index in [-0.39, 0.29) is 0 Å². The Morgan fingerprint density at radius 2 is 2.33 bits per heavy atom. The molecule has 0 radical (unpaired) electrons. The first kappa shape index (κ1) is 12.1. The minimum atomic E-state index is 0.745. The number of nitrogens with zero attached hydrogens (tertiary/aromatic N) is 2. The average Bonchev–Trinajstić information content (AvgIpc) is 2.86. The minimum Gasteiger partial charge on any atom is -0.331 e. The maximum Gasteiger partial charge on any atom is 0.178 e. The molecule has 1 N–H and O–H groups in total. The number of imidazole rings is 1. The van der Waals surface area contributed by atoms with Crippen LogP contribution in [0.3, 0.4) is 0 Å². The van der Waals surface area contributed by atoms with Crippen molar-refractivity contribution in [1.82, 2.24) is 14.5 Å². The normalized spacial score (nSPS) is 11.2. The summed E-state index contributed by atoms with van der Waals surface area (Å²) >= 11 is 10.6. The van der Waals surface area contributed by atoms with E-state index in [4.69, 9.17) is 12.2 Å². The summed E-state index contributed by atoms with van der Waals surface area (Å²) in [5.74, 6) is 0. The van der Waals surface area contributed by atoms with Gasteiger partial charge in [-0.25, -0.2) is 4.98 Å². The van der Waals surface area contributed by atoms with Gasteiger partial charge in [0.2, 0.25) is 0 Å². The zero-order chi connectivity index (χ0) is 12.7. The van der Waals surface area contributed by atoms with Crippen molar-refractivity contribution in [3.8, 4) is 0 Å². The molecule has 6 heteroatoms. The van der Waals surface area contributed by atoms with Crippen molar-refractivity contribution in [2.24, 2.45) is 0 Å². The molecule has 0 saturated carbocycles. The monoisotopic (exact) mass is 339 g/mol. The third-order valence-corrected chi connectivity index (χ3v) is 4.43. The second-order valence-corrected chi connectivity index (χ2v) is 6.65. The van der Waals surface area contributed by atoms with Gasteiger partial charge in [-0.05, 0) is 37.3 Å². The van der Waals surface area contributed by atoms with Gasteiger partial charge >= 0.3 is 0 Å². The quantitative estimate of drug-likeness (QED) is 0.707. The van der Waals surface area contributed by atoms with E-state index in [2.05, 4.69) is 36.5 Å². The topological polar surface area (TPSA) is 33.6 Å². The van der Waals surface area contributed by atoms with Gasteiger partial charge in [0, 0.05) is 15.5 Å². The smallest absolute Gasteiger partial charge is 0.178 e. The summed E-state index contributed by atoms with van der Waals surface area (Å²) in [6.07, 6.45) is 1.92. The Morgan fingerprint density at radius 3 is 3.06 bits per heavy atom. The standard InChI is InChI=1S/C12H10BrN3S2/c1-7-14-5-9(18-7)6-16-11-4-8(13)2-3-10(11)15-12(16)17/h2-5H,6H2,1H3,(H,15,17). The van der Waals surface area contributed by atoms with Gasteiger partial charge in [-0.1, -0.05) is 15.9 Å². The molecule has 18 heavy (non-hydrogen) atoms. The lowest BCUT2D eigenvalue weighted by atomic mass is 10.3. The number of hydrogen-bond acceptors (Lipinski definition) is 3. The highest BCUT2D eigenvalue weighted by Gasteiger charge is 2.07. The van der Waals surface area contributed by atoms with Crippen LogP contribution >= 0.6 is 39.5 Å². The van der Waals surface area contributed by atoms with E-state index in [0.717, 1.165) is 31.8 Å². The molecule has 0 fully saturated rings. The second kappa shape index (κ2) is 4.60. The van der Waals surface area contributed by atoms with E-state index in [0.29, 0.717) is 0 Å². The van der Waals surface area contributed by atoms with Crippen LogP contribution in [0.2, 0.25) is 0 Å². The maximum absolute atomic E-state index is 5.38. The Kier molecular flexibility index (Phi) is 3.09. The Morgan fingerprint density at radius 1 is 1.50 bits per heavy atom. The number of aromatic amines is 1. The molecule has 3 rings (SSSR count). The highest BCUT2D eigenvalue weighted by atomic mass is 79.9. The first-order chi connectivity index (χ1) is 8.63. The first-order valence-corrected chi connectivity index (χ1v) is 7.44. The van der Waals surface area contributed by atoms with E-state index >= 15 is 0 Å². The molecule has 0 aliphatic heterocycles. The molecule has 92 valence electrons. The predicted molar refractivity (Wildman–Crippen MR) is 80.8 cm³/mol.